The van der Waals surface area contributed by atoms with Crippen molar-refractivity contribution in [2.45, 2.75) is 13.3 Å². The van der Waals surface area contributed by atoms with Crippen LogP contribution in [-0.4, -0.2) is 5.97 Å². The zero-order chi connectivity index (χ0) is 5.70. The Bertz CT molecular complexity index is 64.0. The zero-order valence-corrected chi connectivity index (χ0v) is 4.10. The van der Waals surface area contributed by atoms with E-state index in [0.29, 0.717) is 6.42 Å². The van der Waals surface area contributed by atoms with Gasteiger partial charge < -0.3 is 4.84 Å². The Kier molecular flexibility index (Phi) is 3.26. The normalized spacial score (nSPS) is 8.29. The summed E-state index contributed by atoms with van der Waals surface area (Å²) in [4.78, 5) is 14.1. The molecule has 0 aromatic rings. The van der Waals surface area contributed by atoms with E-state index in [1.165, 1.54) is 0 Å². The number of carbonyl (C=O) groups is 1. The van der Waals surface area contributed by atoms with Crippen molar-refractivity contribution in [1.29, 1.82) is 0 Å². The maximum absolute atomic E-state index is 10.0. The van der Waals surface area contributed by atoms with Gasteiger partial charge >= 0.3 is 5.97 Å². The number of hydrogen-bond donors (Lipinski definition) is 2. The predicted molar refractivity (Wildman–Crippen MR) is 23.7 cm³/mol. The fourth-order valence-corrected chi connectivity index (χ4v) is 0.138. The Morgan fingerprint density at radius 3 is 2.71 bits per heavy atom. The average molecular weight is 104 g/mol. The summed E-state index contributed by atoms with van der Waals surface area (Å²) in [5.74, 6) is 4.25. The second kappa shape index (κ2) is 3.58. The van der Waals surface area contributed by atoms with E-state index in [2.05, 4.69) is 10.7 Å². The minimum atomic E-state index is -0.359. The molecule has 0 fully saturated rings. The third-order valence-corrected chi connectivity index (χ3v) is 0.461. The van der Waals surface area contributed by atoms with Crippen molar-refractivity contribution < 1.29 is 9.63 Å². The molecule has 0 radical (unpaired) electrons. The Morgan fingerprint density at radius 2 is 2.57 bits per heavy atom. The zero-order valence-electron chi connectivity index (χ0n) is 4.10. The smallest absolute Gasteiger partial charge is 0.326 e. The molecule has 0 aromatic carbocycles. The maximum Gasteiger partial charge on any atom is 0.326 e. The number of rotatable bonds is 2. The molecule has 7 heavy (non-hydrogen) atoms. The molecule has 0 saturated carbocycles. The molecule has 0 heterocycles. The topological polar surface area (TPSA) is 64.3 Å². The number of nitrogens with one attached hydrogen (secondary N) is 1. The minimum Gasteiger partial charge on any atom is -0.356 e. The molecule has 3 N–H and O–H groups in total. The van der Waals surface area contributed by atoms with Gasteiger partial charge in [0.25, 0.3) is 0 Å². The molecular weight excluding hydrogens is 96.0 g/mol. The van der Waals surface area contributed by atoms with Gasteiger partial charge in [0.1, 0.15) is 0 Å². The molecule has 0 rings (SSSR count). The van der Waals surface area contributed by atoms with Gasteiger partial charge in [0.2, 0.25) is 0 Å². The largest absolute Gasteiger partial charge is 0.356 e. The van der Waals surface area contributed by atoms with Crippen LogP contribution in [0.2, 0.25) is 0 Å². The SMILES string of the molecule is CCC(=O)ONN. The molecule has 0 amide bonds. The summed E-state index contributed by atoms with van der Waals surface area (Å²) < 4.78 is 0. The Balaban J connectivity index is 3.00. The highest BCUT2D eigenvalue weighted by Gasteiger charge is 1.91. The van der Waals surface area contributed by atoms with Gasteiger partial charge in [-0.05, 0) is 0 Å². The second-order valence-electron chi connectivity index (χ2n) is 0.945. The lowest BCUT2D eigenvalue weighted by atomic mass is 10.5. The fraction of sp³-hybridized carbons (Fsp3) is 0.667. The number of hydrogen-bond acceptors (Lipinski definition) is 4. The number of hydrazine groups is 1. The van der Waals surface area contributed by atoms with Crippen molar-refractivity contribution >= 4 is 5.97 Å². The minimum absolute atomic E-state index is 0.337. The molecule has 0 atom stereocenters. The molecule has 0 aliphatic rings. The molecule has 42 valence electrons. The first kappa shape index (κ1) is 6.39. The summed E-state index contributed by atoms with van der Waals surface area (Å²) >= 11 is 0. The molecule has 0 bridgehead atoms. The Hall–Kier alpha value is -0.610. The van der Waals surface area contributed by atoms with Crippen LogP contribution in [0.5, 0.6) is 0 Å². The summed E-state index contributed by atoms with van der Waals surface area (Å²) in [6.07, 6.45) is 0.337. The van der Waals surface area contributed by atoms with Gasteiger partial charge in [-0.3, -0.25) is 4.79 Å². The third-order valence-electron chi connectivity index (χ3n) is 0.461. The molecule has 4 heteroatoms. The monoisotopic (exact) mass is 104 g/mol. The van der Waals surface area contributed by atoms with Crippen molar-refractivity contribution in [3.63, 3.8) is 0 Å². The van der Waals surface area contributed by atoms with Gasteiger partial charge in [0, 0.05) is 6.42 Å². The van der Waals surface area contributed by atoms with Crippen LogP contribution in [0.3, 0.4) is 0 Å². The van der Waals surface area contributed by atoms with Crippen LogP contribution >= 0.6 is 0 Å². The van der Waals surface area contributed by atoms with Gasteiger partial charge in [0.15, 0.2) is 0 Å². The molecule has 0 aromatic heterocycles. The van der Waals surface area contributed by atoms with Crippen LogP contribution in [0.25, 0.3) is 0 Å². The molecular formula is C3H8N2O2. The van der Waals surface area contributed by atoms with Crippen LogP contribution in [0.4, 0.5) is 0 Å². The molecule has 0 spiro atoms. The molecule has 0 saturated heterocycles. The van der Waals surface area contributed by atoms with Gasteiger partial charge in [0.05, 0.1) is 0 Å². The lowest BCUT2D eigenvalue weighted by Crippen LogP contribution is -2.25. The molecule has 0 aliphatic heterocycles. The van der Waals surface area contributed by atoms with Crippen LogP contribution in [-0.2, 0) is 9.63 Å². The van der Waals surface area contributed by atoms with Crippen LogP contribution in [0, 0.1) is 0 Å². The van der Waals surface area contributed by atoms with Crippen LogP contribution in [0.15, 0.2) is 0 Å². The van der Waals surface area contributed by atoms with Gasteiger partial charge in [-0.1, -0.05) is 12.5 Å². The van der Waals surface area contributed by atoms with Gasteiger partial charge in [-0.15, -0.1) is 0 Å². The Morgan fingerprint density at radius 1 is 2.00 bits per heavy atom. The standard InChI is InChI=1S/C3H8N2O2/c1-2-3(6)7-5-4/h5H,2,4H2,1H3. The predicted octanol–water partition coefficient (Wildman–Crippen LogP) is -0.682. The van der Waals surface area contributed by atoms with Crippen LogP contribution in [0.1, 0.15) is 13.3 Å². The molecule has 4 nitrogen and oxygen atoms in total. The summed E-state index contributed by atoms with van der Waals surface area (Å²) in [6, 6.07) is 0. The quantitative estimate of drug-likeness (QED) is 0.360. The van der Waals surface area contributed by atoms with E-state index in [4.69, 9.17) is 0 Å². The van der Waals surface area contributed by atoms with E-state index in [9.17, 15) is 4.79 Å². The second-order valence-corrected chi connectivity index (χ2v) is 0.945. The summed E-state index contributed by atoms with van der Waals surface area (Å²) in [5.41, 5.74) is 1.77. The summed E-state index contributed by atoms with van der Waals surface area (Å²) in [7, 11) is 0. The van der Waals surface area contributed by atoms with E-state index in [1.807, 2.05) is 0 Å². The Labute approximate surface area is 41.6 Å². The third kappa shape index (κ3) is 3.21. The maximum atomic E-state index is 10.0. The van der Waals surface area contributed by atoms with Gasteiger partial charge in [-0.2, -0.15) is 0 Å². The summed E-state index contributed by atoms with van der Waals surface area (Å²) in [5, 5.41) is 0. The lowest BCUT2D eigenvalue weighted by Gasteiger charge is -1.93. The molecule has 0 unspecified atom stereocenters. The van der Waals surface area contributed by atoms with E-state index in [1.54, 1.807) is 12.5 Å². The highest BCUT2D eigenvalue weighted by Crippen LogP contribution is 1.75. The van der Waals surface area contributed by atoms with Crippen molar-refractivity contribution in [2.24, 2.45) is 5.84 Å². The van der Waals surface area contributed by atoms with Crippen molar-refractivity contribution in [2.75, 3.05) is 0 Å². The fourth-order valence-electron chi connectivity index (χ4n) is 0.138. The van der Waals surface area contributed by atoms with E-state index in [0.717, 1.165) is 0 Å². The first-order chi connectivity index (χ1) is 3.31. The van der Waals surface area contributed by atoms with Crippen molar-refractivity contribution in [3.05, 3.63) is 0 Å². The lowest BCUT2D eigenvalue weighted by molar-refractivity contribution is -0.150. The van der Waals surface area contributed by atoms with Crippen molar-refractivity contribution in [3.8, 4) is 0 Å². The molecule has 0 aliphatic carbocycles. The highest BCUT2D eigenvalue weighted by molar-refractivity contribution is 5.68. The van der Waals surface area contributed by atoms with Gasteiger partial charge in [-0.25, -0.2) is 5.84 Å². The number of carbonyl (C=O) groups excluding carboxylic acids is 1. The summed E-state index contributed by atoms with van der Waals surface area (Å²) in [6.45, 7) is 1.68. The highest BCUT2D eigenvalue weighted by atomic mass is 16.7. The van der Waals surface area contributed by atoms with E-state index >= 15 is 0 Å². The average Bonchev–Trinajstić information content (AvgIpc) is 1.68. The van der Waals surface area contributed by atoms with E-state index < -0.39 is 0 Å². The van der Waals surface area contributed by atoms with E-state index in [-0.39, 0.29) is 5.97 Å². The first-order valence-corrected chi connectivity index (χ1v) is 1.96. The number of nitrogens with two attached hydrogens (primary N) is 1. The van der Waals surface area contributed by atoms with Crippen LogP contribution < -0.4 is 11.4 Å². The first-order valence-electron chi connectivity index (χ1n) is 1.96. The van der Waals surface area contributed by atoms with Crippen molar-refractivity contribution in [1.82, 2.24) is 5.59 Å².